The number of aldehydes is 1. The molecule has 1 aromatic carbocycles. The van der Waals surface area contributed by atoms with Crippen LogP contribution in [0, 0.1) is 0 Å². The Kier molecular flexibility index (Phi) is 1.53. The van der Waals surface area contributed by atoms with Gasteiger partial charge in [-0.1, -0.05) is 12.1 Å². The second-order valence-electron chi connectivity index (χ2n) is 3.20. The third kappa shape index (κ3) is 1.10. The Morgan fingerprint density at radius 1 is 1.33 bits per heavy atom. The van der Waals surface area contributed by atoms with Gasteiger partial charge in [0.05, 0.1) is 5.52 Å². The normalized spacial score (nSPS) is 10.9. The molecule has 5 heteroatoms. The van der Waals surface area contributed by atoms with Gasteiger partial charge in [-0.15, -0.1) is 10.2 Å². The monoisotopic (exact) mass is 198 g/mol. The number of carbonyl (C=O) groups excluding carboxylic acids is 1. The van der Waals surface area contributed by atoms with Crippen molar-refractivity contribution in [2.24, 2.45) is 0 Å². The first-order valence-corrected chi connectivity index (χ1v) is 4.42. The highest BCUT2D eigenvalue weighted by atomic mass is 16.1. The second-order valence-corrected chi connectivity index (χ2v) is 3.20. The van der Waals surface area contributed by atoms with Crippen LogP contribution in [0.15, 0.2) is 30.7 Å². The van der Waals surface area contributed by atoms with Gasteiger partial charge in [-0.2, -0.15) is 0 Å². The minimum Gasteiger partial charge on any atom is -0.298 e. The van der Waals surface area contributed by atoms with E-state index < -0.39 is 0 Å². The maximum Gasteiger partial charge on any atom is 0.255 e. The summed E-state index contributed by atoms with van der Waals surface area (Å²) in [7, 11) is 0. The lowest BCUT2D eigenvalue weighted by Gasteiger charge is -2.00. The third-order valence-corrected chi connectivity index (χ3v) is 2.30. The van der Waals surface area contributed by atoms with E-state index >= 15 is 0 Å². The van der Waals surface area contributed by atoms with E-state index in [1.54, 1.807) is 29.1 Å². The van der Waals surface area contributed by atoms with Crippen LogP contribution in [0.25, 0.3) is 16.7 Å². The molecular weight excluding hydrogens is 192 g/mol. The number of carbonyl (C=O) groups is 1. The van der Waals surface area contributed by atoms with E-state index in [1.807, 2.05) is 6.07 Å². The van der Waals surface area contributed by atoms with Gasteiger partial charge in [0, 0.05) is 17.1 Å². The van der Waals surface area contributed by atoms with Crippen molar-refractivity contribution in [1.82, 2.24) is 19.6 Å². The fourth-order valence-electron chi connectivity index (χ4n) is 1.57. The molecule has 0 aliphatic rings. The Hall–Kier alpha value is -2.30. The number of rotatable bonds is 1. The highest BCUT2D eigenvalue weighted by Gasteiger charge is 2.02. The van der Waals surface area contributed by atoms with E-state index in [4.69, 9.17) is 0 Å². The Balaban J connectivity index is 2.53. The van der Waals surface area contributed by atoms with Crippen molar-refractivity contribution in [3.63, 3.8) is 0 Å². The molecule has 15 heavy (non-hydrogen) atoms. The van der Waals surface area contributed by atoms with Gasteiger partial charge >= 0.3 is 0 Å². The van der Waals surface area contributed by atoms with Crippen LogP contribution in [0.4, 0.5) is 0 Å². The van der Waals surface area contributed by atoms with Gasteiger partial charge in [-0.3, -0.25) is 9.20 Å². The van der Waals surface area contributed by atoms with Gasteiger partial charge in [0.25, 0.3) is 5.78 Å². The first kappa shape index (κ1) is 8.05. The summed E-state index contributed by atoms with van der Waals surface area (Å²) >= 11 is 0. The van der Waals surface area contributed by atoms with Crippen LogP contribution in [0.1, 0.15) is 10.4 Å². The molecule has 0 atom stereocenters. The van der Waals surface area contributed by atoms with Crippen LogP contribution in [0.2, 0.25) is 0 Å². The summed E-state index contributed by atoms with van der Waals surface area (Å²) in [4.78, 5) is 14.8. The maximum absolute atomic E-state index is 10.7. The van der Waals surface area contributed by atoms with Crippen LogP contribution in [-0.2, 0) is 0 Å². The van der Waals surface area contributed by atoms with Crippen LogP contribution in [0.3, 0.4) is 0 Å². The average molecular weight is 198 g/mol. The molecule has 0 spiro atoms. The fraction of sp³-hybridized carbons (Fsp3) is 0. The smallest absolute Gasteiger partial charge is 0.255 e. The van der Waals surface area contributed by atoms with Gasteiger partial charge in [0.2, 0.25) is 0 Å². The average Bonchev–Trinajstić information content (AvgIpc) is 2.76. The number of hydrogen-bond donors (Lipinski definition) is 0. The Morgan fingerprint density at radius 3 is 3.13 bits per heavy atom. The van der Waals surface area contributed by atoms with Crippen LogP contribution >= 0.6 is 0 Å². The van der Waals surface area contributed by atoms with Crippen molar-refractivity contribution >= 4 is 23.0 Å². The molecule has 0 bridgehead atoms. The van der Waals surface area contributed by atoms with Crippen molar-refractivity contribution in [3.05, 3.63) is 36.3 Å². The molecule has 3 rings (SSSR count). The Morgan fingerprint density at radius 2 is 2.27 bits per heavy atom. The second kappa shape index (κ2) is 2.84. The predicted molar refractivity (Wildman–Crippen MR) is 53.7 cm³/mol. The molecule has 0 unspecified atom stereocenters. The summed E-state index contributed by atoms with van der Waals surface area (Å²) in [5, 5.41) is 8.56. The van der Waals surface area contributed by atoms with E-state index in [-0.39, 0.29) is 0 Å². The summed E-state index contributed by atoms with van der Waals surface area (Å²) in [5.41, 5.74) is 1.51. The SMILES string of the molecule is O=Cc1ccc2cnc3nncn3c2c1. The molecule has 0 amide bonds. The molecule has 0 radical (unpaired) electrons. The summed E-state index contributed by atoms with van der Waals surface area (Å²) in [6.07, 6.45) is 4.11. The van der Waals surface area contributed by atoms with Crippen molar-refractivity contribution in [2.45, 2.75) is 0 Å². The minimum atomic E-state index is 0.533. The molecular formula is C10H6N4O. The van der Waals surface area contributed by atoms with E-state index in [1.165, 1.54) is 0 Å². The zero-order valence-electron chi connectivity index (χ0n) is 7.66. The summed E-state index contributed by atoms with van der Waals surface area (Å²) in [5.74, 6) is 0.533. The van der Waals surface area contributed by atoms with E-state index in [2.05, 4.69) is 15.2 Å². The van der Waals surface area contributed by atoms with Gasteiger partial charge in [0.1, 0.15) is 12.6 Å². The van der Waals surface area contributed by atoms with Crippen molar-refractivity contribution < 1.29 is 4.79 Å². The molecule has 0 fully saturated rings. The summed E-state index contributed by atoms with van der Waals surface area (Å²) in [6.45, 7) is 0. The molecule has 0 aliphatic heterocycles. The third-order valence-electron chi connectivity index (χ3n) is 2.30. The highest BCUT2D eigenvalue weighted by Crippen LogP contribution is 2.14. The predicted octanol–water partition coefficient (Wildman–Crippen LogP) is 1.09. The largest absolute Gasteiger partial charge is 0.298 e. The fourth-order valence-corrected chi connectivity index (χ4v) is 1.57. The van der Waals surface area contributed by atoms with Gasteiger partial charge in [-0.25, -0.2) is 4.98 Å². The molecule has 3 aromatic rings. The highest BCUT2D eigenvalue weighted by molar-refractivity contribution is 5.87. The summed E-state index contributed by atoms with van der Waals surface area (Å²) < 4.78 is 1.75. The number of fused-ring (bicyclic) bond motifs is 3. The topological polar surface area (TPSA) is 60.2 Å². The quantitative estimate of drug-likeness (QED) is 0.549. The molecule has 2 heterocycles. The van der Waals surface area contributed by atoms with E-state index in [9.17, 15) is 4.79 Å². The van der Waals surface area contributed by atoms with Crippen LogP contribution in [-0.4, -0.2) is 25.9 Å². The molecule has 0 saturated carbocycles. The van der Waals surface area contributed by atoms with Crippen molar-refractivity contribution in [1.29, 1.82) is 0 Å². The maximum atomic E-state index is 10.7. The zero-order chi connectivity index (χ0) is 10.3. The standard InChI is InChI=1S/C10H6N4O/c15-5-7-1-2-8-4-11-10-13-12-6-14(10)9(8)3-7/h1-6H. The molecule has 0 saturated heterocycles. The van der Waals surface area contributed by atoms with Gasteiger partial charge < -0.3 is 0 Å². The molecule has 2 aromatic heterocycles. The molecule has 72 valence electrons. The number of hydrogen-bond acceptors (Lipinski definition) is 4. The molecule has 0 aliphatic carbocycles. The molecule has 5 nitrogen and oxygen atoms in total. The number of benzene rings is 1. The lowest BCUT2D eigenvalue weighted by Crippen LogP contribution is -1.91. The molecule has 0 N–H and O–H groups in total. The van der Waals surface area contributed by atoms with Gasteiger partial charge in [-0.05, 0) is 6.07 Å². The Labute approximate surface area is 84.4 Å². The summed E-state index contributed by atoms with van der Waals surface area (Å²) in [6, 6.07) is 5.40. The van der Waals surface area contributed by atoms with Crippen molar-refractivity contribution in [2.75, 3.05) is 0 Å². The zero-order valence-corrected chi connectivity index (χ0v) is 7.66. The van der Waals surface area contributed by atoms with Crippen LogP contribution in [0.5, 0.6) is 0 Å². The van der Waals surface area contributed by atoms with Gasteiger partial charge in [0.15, 0.2) is 0 Å². The first-order chi connectivity index (χ1) is 7.38. The number of aromatic nitrogens is 4. The Bertz CT molecular complexity index is 659. The van der Waals surface area contributed by atoms with Crippen molar-refractivity contribution in [3.8, 4) is 0 Å². The first-order valence-electron chi connectivity index (χ1n) is 4.42. The minimum absolute atomic E-state index is 0.533. The van der Waals surface area contributed by atoms with E-state index in [0.717, 1.165) is 17.2 Å². The van der Waals surface area contributed by atoms with E-state index in [0.29, 0.717) is 11.3 Å². The lowest BCUT2D eigenvalue weighted by atomic mass is 10.2. The lowest BCUT2D eigenvalue weighted by molar-refractivity contribution is 0.112. The number of nitrogens with zero attached hydrogens (tertiary/aromatic N) is 4. The van der Waals surface area contributed by atoms with Crippen LogP contribution < -0.4 is 0 Å².